The minimum atomic E-state index is 0. The first-order valence-corrected chi connectivity index (χ1v) is 2.00. The molecule has 0 amide bonds. The molecule has 44 valence electrons. The monoisotopic (exact) mass is 141 g/mol. The molecular weight excluding hydrogens is 134 g/mol. The van der Waals surface area contributed by atoms with Gasteiger partial charge in [-0.1, -0.05) is 12.2 Å². The van der Waals surface area contributed by atoms with Gasteiger partial charge in [0.1, 0.15) is 0 Å². The highest BCUT2D eigenvalue weighted by atomic mass is 35.5. The van der Waals surface area contributed by atoms with Crippen molar-refractivity contribution in [3.63, 3.8) is 0 Å². The third-order valence-electron chi connectivity index (χ3n) is 0.256. The normalized spacial score (nSPS) is 6.43. The van der Waals surface area contributed by atoms with Gasteiger partial charge in [0.25, 0.3) is 0 Å². The standard InChI is InChI=1S/C2H7N3S.ClH/c1-3-5-4-2-6;/h2-3,5H,1H3,(H,4,6);1H. The molecule has 0 saturated heterocycles. The molecule has 0 aromatic rings. The van der Waals surface area contributed by atoms with Gasteiger partial charge < -0.3 is 5.43 Å². The number of halogens is 1. The van der Waals surface area contributed by atoms with Crippen molar-refractivity contribution in [2.75, 3.05) is 7.05 Å². The highest BCUT2D eigenvalue weighted by molar-refractivity contribution is 7.78. The van der Waals surface area contributed by atoms with Crippen LogP contribution < -0.4 is 16.4 Å². The lowest BCUT2D eigenvalue weighted by Crippen LogP contribution is -2.39. The summed E-state index contributed by atoms with van der Waals surface area (Å²) in [4.78, 5) is 0. The van der Waals surface area contributed by atoms with E-state index in [1.165, 1.54) is 5.49 Å². The molecule has 0 fully saturated rings. The molecular formula is C2H8ClN3S. The molecule has 0 saturated carbocycles. The van der Waals surface area contributed by atoms with Crippen LogP contribution in [0.3, 0.4) is 0 Å². The summed E-state index contributed by atoms with van der Waals surface area (Å²) in [6, 6.07) is 0. The zero-order valence-electron chi connectivity index (χ0n) is 3.89. The minimum Gasteiger partial charge on any atom is -0.305 e. The van der Waals surface area contributed by atoms with Crippen LogP contribution in [0.1, 0.15) is 0 Å². The third-order valence-corrected chi connectivity index (χ3v) is 0.374. The molecule has 0 radical (unpaired) electrons. The van der Waals surface area contributed by atoms with Crippen LogP contribution in [0.4, 0.5) is 0 Å². The molecule has 3 N–H and O–H groups in total. The molecule has 0 aliphatic heterocycles. The van der Waals surface area contributed by atoms with Gasteiger partial charge >= 0.3 is 0 Å². The van der Waals surface area contributed by atoms with Gasteiger partial charge in [-0.2, -0.15) is 5.53 Å². The van der Waals surface area contributed by atoms with Crippen molar-refractivity contribution in [2.24, 2.45) is 0 Å². The number of hydrogen-bond donors (Lipinski definition) is 3. The Hall–Kier alpha value is 0.1000. The van der Waals surface area contributed by atoms with Crippen molar-refractivity contribution < 1.29 is 0 Å². The lowest BCUT2D eigenvalue weighted by atomic mass is 11.4. The fourth-order valence-corrected chi connectivity index (χ4v) is 0.161. The Labute approximate surface area is 54.2 Å². The highest BCUT2D eigenvalue weighted by Gasteiger charge is 1.59. The van der Waals surface area contributed by atoms with Crippen LogP contribution in [0.5, 0.6) is 0 Å². The van der Waals surface area contributed by atoms with Crippen LogP contribution in [0, 0.1) is 0 Å². The van der Waals surface area contributed by atoms with Gasteiger partial charge in [-0.05, 0) is 0 Å². The highest BCUT2D eigenvalue weighted by Crippen LogP contribution is 1.31. The summed E-state index contributed by atoms with van der Waals surface area (Å²) in [6.45, 7) is 0. The van der Waals surface area contributed by atoms with E-state index >= 15 is 0 Å². The topological polar surface area (TPSA) is 36.1 Å². The van der Waals surface area contributed by atoms with E-state index in [-0.39, 0.29) is 12.4 Å². The van der Waals surface area contributed by atoms with Crippen LogP contribution in [-0.2, 0) is 0 Å². The second kappa shape index (κ2) is 9.44. The van der Waals surface area contributed by atoms with Gasteiger partial charge in [0, 0.05) is 7.05 Å². The SMILES string of the molecule is CNNNC=S.Cl. The molecule has 0 bridgehead atoms. The molecule has 0 aromatic carbocycles. The summed E-state index contributed by atoms with van der Waals surface area (Å²) in [5.41, 5.74) is 9.05. The molecule has 7 heavy (non-hydrogen) atoms. The first kappa shape index (κ1) is 10.2. The summed E-state index contributed by atoms with van der Waals surface area (Å²) in [7, 11) is 1.74. The van der Waals surface area contributed by atoms with Crippen molar-refractivity contribution in [1.29, 1.82) is 0 Å². The van der Waals surface area contributed by atoms with Crippen LogP contribution in [0.2, 0.25) is 0 Å². The van der Waals surface area contributed by atoms with E-state index in [0.717, 1.165) is 0 Å². The molecule has 0 heterocycles. The van der Waals surface area contributed by atoms with Crippen LogP contribution in [0.25, 0.3) is 0 Å². The lowest BCUT2D eigenvalue weighted by Gasteiger charge is -1.95. The molecule has 0 aromatic heterocycles. The molecule has 5 heteroatoms. The molecule has 0 atom stereocenters. The van der Waals surface area contributed by atoms with E-state index < -0.39 is 0 Å². The molecule has 0 spiro atoms. The Balaban J connectivity index is 0. The van der Waals surface area contributed by atoms with Gasteiger partial charge in [-0.25, -0.2) is 5.43 Å². The molecule has 0 rings (SSSR count). The van der Waals surface area contributed by atoms with Gasteiger partial charge in [-0.3, -0.25) is 0 Å². The number of hydrazine groups is 2. The van der Waals surface area contributed by atoms with E-state index in [2.05, 4.69) is 28.6 Å². The fourth-order valence-electron chi connectivity index (χ4n) is 0.102. The number of rotatable bonds is 3. The molecule has 0 unspecified atom stereocenters. The molecule has 3 nitrogen and oxygen atoms in total. The summed E-state index contributed by atoms with van der Waals surface area (Å²) >= 11 is 4.38. The Kier molecular flexibility index (Phi) is 13.7. The quantitative estimate of drug-likeness (QED) is 0.284. The van der Waals surface area contributed by atoms with Crippen LogP contribution in [0.15, 0.2) is 0 Å². The van der Waals surface area contributed by atoms with Crippen molar-refractivity contribution in [1.82, 2.24) is 16.4 Å². The van der Waals surface area contributed by atoms with Gasteiger partial charge in [0.2, 0.25) is 0 Å². The predicted octanol–water partition coefficient (Wildman–Crippen LogP) is -0.406. The first-order valence-electron chi connectivity index (χ1n) is 1.52. The molecule has 0 aliphatic carbocycles. The summed E-state index contributed by atoms with van der Waals surface area (Å²) in [6.07, 6.45) is 0. The van der Waals surface area contributed by atoms with E-state index in [1.54, 1.807) is 7.05 Å². The van der Waals surface area contributed by atoms with Crippen molar-refractivity contribution in [2.45, 2.75) is 0 Å². The van der Waals surface area contributed by atoms with Gasteiger partial charge in [-0.15, -0.1) is 12.4 Å². The Morgan fingerprint density at radius 3 is 2.29 bits per heavy atom. The first-order chi connectivity index (χ1) is 2.91. The van der Waals surface area contributed by atoms with Gasteiger partial charge in [0.05, 0.1) is 5.49 Å². The predicted molar refractivity (Wildman–Crippen MR) is 36.2 cm³/mol. The van der Waals surface area contributed by atoms with Crippen LogP contribution in [-0.4, -0.2) is 12.5 Å². The van der Waals surface area contributed by atoms with E-state index in [4.69, 9.17) is 0 Å². The van der Waals surface area contributed by atoms with Crippen molar-refractivity contribution in [3.05, 3.63) is 0 Å². The zero-order chi connectivity index (χ0) is 4.83. The van der Waals surface area contributed by atoms with E-state index in [1.807, 2.05) is 0 Å². The fraction of sp³-hybridized carbons (Fsp3) is 0.500. The zero-order valence-corrected chi connectivity index (χ0v) is 5.53. The Bertz CT molecular complexity index is 41.9. The number of nitrogens with one attached hydrogen (secondary N) is 3. The van der Waals surface area contributed by atoms with Gasteiger partial charge in [0.15, 0.2) is 0 Å². The summed E-state index contributed by atoms with van der Waals surface area (Å²) in [5, 5.41) is 0. The van der Waals surface area contributed by atoms with Crippen molar-refractivity contribution >= 4 is 30.1 Å². The minimum absolute atomic E-state index is 0. The second-order valence-electron chi connectivity index (χ2n) is 0.637. The average molecular weight is 142 g/mol. The number of hydrogen-bond acceptors (Lipinski definition) is 3. The third kappa shape index (κ3) is 10.7. The largest absolute Gasteiger partial charge is 0.305 e. The maximum Gasteiger partial charge on any atom is 0.0769 e. The van der Waals surface area contributed by atoms with Crippen LogP contribution >= 0.6 is 24.6 Å². The maximum absolute atomic E-state index is 4.38. The maximum atomic E-state index is 4.38. The van der Waals surface area contributed by atoms with E-state index in [0.29, 0.717) is 0 Å². The summed E-state index contributed by atoms with van der Waals surface area (Å²) in [5.74, 6) is 0. The second-order valence-corrected chi connectivity index (χ2v) is 0.873. The number of thiocarbonyl (C=S) groups is 1. The van der Waals surface area contributed by atoms with E-state index in [9.17, 15) is 0 Å². The summed E-state index contributed by atoms with van der Waals surface area (Å²) < 4.78 is 0. The smallest absolute Gasteiger partial charge is 0.0769 e. The molecule has 0 aliphatic rings. The lowest BCUT2D eigenvalue weighted by molar-refractivity contribution is 0.571. The Morgan fingerprint density at radius 1 is 1.57 bits per heavy atom. The van der Waals surface area contributed by atoms with Crippen molar-refractivity contribution in [3.8, 4) is 0 Å². The average Bonchev–Trinajstić information content (AvgIpc) is 1.61. The Morgan fingerprint density at radius 2 is 2.14 bits per heavy atom.